The molecule has 0 aromatic carbocycles. The molecule has 1 rings (SSSR count). The van der Waals surface area contributed by atoms with E-state index in [-0.39, 0.29) is 6.04 Å². The molecule has 1 saturated carbocycles. The van der Waals surface area contributed by atoms with Gasteiger partial charge in [-0.3, -0.25) is 0 Å². The molecular weight excluding hydrogens is 150 g/mol. The molecule has 0 saturated heterocycles. The van der Waals surface area contributed by atoms with Crippen LogP contribution < -0.4 is 5.73 Å². The third-order valence-electron chi connectivity index (χ3n) is 3.27. The summed E-state index contributed by atoms with van der Waals surface area (Å²) in [5.74, 6) is 0.773. The first-order valence-electron chi connectivity index (χ1n) is 5.06. The van der Waals surface area contributed by atoms with Crippen molar-refractivity contribution >= 4 is 0 Å². The average Bonchev–Trinajstić information content (AvgIpc) is 2.09. The third-order valence-corrected chi connectivity index (χ3v) is 3.27. The van der Waals surface area contributed by atoms with Gasteiger partial charge in [-0.15, -0.1) is 0 Å². The minimum atomic E-state index is -0.554. The van der Waals surface area contributed by atoms with Crippen LogP contribution in [0.2, 0.25) is 0 Å². The molecule has 0 amide bonds. The van der Waals surface area contributed by atoms with E-state index >= 15 is 0 Å². The van der Waals surface area contributed by atoms with Crippen LogP contribution >= 0.6 is 0 Å². The monoisotopic (exact) mass is 171 g/mol. The number of rotatable bonds is 2. The third kappa shape index (κ3) is 1.99. The molecule has 3 N–H and O–H groups in total. The van der Waals surface area contributed by atoms with Crippen molar-refractivity contribution in [1.82, 2.24) is 0 Å². The Morgan fingerprint density at radius 3 is 2.42 bits per heavy atom. The molecule has 0 aliphatic heterocycles. The minimum absolute atomic E-state index is 0.0231. The second-order valence-electron chi connectivity index (χ2n) is 4.30. The summed E-state index contributed by atoms with van der Waals surface area (Å²) in [5.41, 5.74) is 5.32. The molecule has 2 heteroatoms. The molecular formula is C10H21NO. The fourth-order valence-electron chi connectivity index (χ4n) is 2.01. The average molecular weight is 171 g/mol. The molecule has 1 atom stereocenters. The highest BCUT2D eigenvalue weighted by atomic mass is 16.3. The molecule has 1 aliphatic carbocycles. The van der Waals surface area contributed by atoms with Gasteiger partial charge in [0, 0.05) is 6.04 Å². The van der Waals surface area contributed by atoms with Gasteiger partial charge >= 0.3 is 0 Å². The summed E-state index contributed by atoms with van der Waals surface area (Å²) in [6, 6.07) is -0.0231. The van der Waals surface area contributed by atoms with Crippen molar-refractivity contribution < 1.29 is 5.11 Å². The molecule has 1 unspecified atom stereocenters. The zero-order valence-electron chi connectivity index (χ0n) is 8.21. The van der Waals surface area contributed by atoms with Crippen molar-refractivity contribution in [2.75, 3.05) is 0 Å². The van der Waals surface area contributed by atoms with E-state index in [4.69, 9.17) is 5.73 Å². The standard InChI is InChI=1S/C10H21NO/c1-3-9(11)10(12)6-4-8(2)5-7-10/h8-9,12H,3-7,11H2,1-2H3. The first kappa shape index (κ1) is 10.0. The Morgan fingerprint density at radius 1 is 1.50 bits per heavy atom. The number of nitrogens with two attached hydrogens (primary N) is 1. The van der Waals surface area contributed by atoms with Gasteiger partial charge in [-0.25, -0.2) is 0 Å². The molecule has 0 aromatic rings. The maximum atomic E-state index is 10.1. The van der Waals surface area contributed by atoms with Gasteiger partial charge in [0.1, 0.15) is 0 Å². The van der Waals surface area contributed by atoms with Crippen LogP contribution in [-0.2, 0) is 0 Å². The zero-order chi connectivity index (χ0) is 9.19. The quantitative estimate of drug-likeness (QED) is 0.664. The lowest BCUT2D eigenvalue weighted by molar-refractivity contribution is -0.0300. The molecule has 1 aliphatic rings. The normalized spacial score (nSPS) is 39.5. The number of hydrogen-bond donors (Lipinski definition) is 2. The van der Waals surface area contributed by atoms with Gasteiger partial charge in [0.15, 0.2) is 0 Å². The molecule has 0 aromatic heterocycles. The number of aliphatic hydroxyl groups is 1. The Hall–Kier alpha value is -0.0800. The van der Waals surface area contributed by atoms with Gasteiger partial charge in [-0.1, -0.05) is 13.8 Å². The molecule has 1 fully saturated rings. The second-order valence-corrected chi connectivity index (χ2v) is 4.30. The van der Waals surface area contributed by atoms with Gasteiger partial charge in [-0.05, 0) is 38.0 Å². The largest absolute Gasteiger partial charge is 0.388 e. The van der Waals surface area contributed by atoms with E-state index in [0.29, 0.717) is 0 Å². The Labute approximate surface area is 75.2 Å². The topological polar surface area (TPSA) is 46.2 Å². The molecule has 0 radical (unpaired) electrons. The van der Waals surface area contributed by atoms with E-state index < -0.39 is 5.60 Å². The molecule has 12 heavy (non-hydrogen) atoms. The van der Waals surface area contributed by atoms with Gasteiger partial charge in [0.2, 0.25) is 0 Å². The van der Waals surface area contributed by atoms with Crippen molar-refractivity contribution in [3.8, 4) is 0 Å². The van der Waals surface area contributed by atoms with Crippen molar-refractivity contribution in [3.63, 3.8) is 0 Å². The fraction of sp³-hybridized carbons (Fsp3) is 1.00. The Morgan fingerprint density at radius 2 is 2.00 bits per heavy atom. The van der Waals surface area contributed by atoms with E-state index in [9.17, 15) is 5.11 Å². The molecule has 72 valence electrons. The predicted molar refractivity (Wildman–Crippen MR) is 50.8 cm³/mol. The first-order chi connectivity index (χ1) is 5.58. The summed E-state index contributed by atoms with van der Waals surface area (Å²) < 4.78 is 0. The van der Waals surface area contributed by atoms with E-state index in [1.54, 1.807) is 0 Å². The molecule has 0 bridgehead atoms. The van der Waals surface area contributed by atoms with Crippen molar-refractivity contribution in [2.24, 2.45) is 11.7 Å². The van der Waals surface area contributed by atoms with Gasteiger partial charge < -0.3 is 10.8 Å². The molecule has 0 spiro atoms. The highest BCUT2D eigenvalue weighted by Crippen LogP contribution is 2.34. The summed E-state index contributed by atoms with van der Waals surface area (Å²) in [4.78, 5) is 0. The van der Waals surface area contributed by atoms with Crippen molar-refractivity contribution in [1.29, 1.82) is 0 Å². The predicted octanol–water partition coefficient (Wildman–Crippen LogP) is 1.66. The molecule has 0 heterocycles. The lowest BCUT2D eigenvalue weighted by Crippen LogP contribution is -2.49. The Bertz CT molecular complexity index is 139. The fourth-order valence-corrected chi connectivity index (χ4v) is 2.01. The SMILES string of the molecule is CCC(N)C1(O)CCC(C)CC1. The lowest BCUT2D eigenvalue weighted by atomic mass is 9.75. The lowest BCUT2D eigenvalue weighted by Gasteiger charge is -2.38. The van der Waals surface area contributed by atoms with Crippen molar-refractivity contribution in [3.05, 3.63) is 0 Å². The van der Waals surface area contributed by atoms with Crippen molar-refractivity contribution in [2.45, 2.75) is 57.6 Å². The summed E-state index contributed by atoms with van der Waals surface area (Å²) in [6.07, 6.45) is 4.92. The Kier molecular flexibility index (Phi) is 3.13. The van der Waals surface area contributed by atoms with E-state index in [1.165, 1.54) is 0 Å². The van der Waals surface area contributed by atoms with Gasteiger partial charge in [-0.2, -0.15) is 0 Å². The Balaban J connectivity index is 2.49. The van der Waals surface area contributed by atoms with Gasteiger partial charge in [0.05, 0.1) is 5.60 Å². The van der Waals surface area contributed by atoms with Crippen LogP contribution in [0, 0.1) is 5.92 Å². The smallest absolute Gasteiger partial charge is 0.0798 e. The van der Waals surface area contributed by atoms with Crippen LogP contribution in [0.3, 0.4) is 0 Å². The van der Waals surface area contributed by atoms with E-state index in [1.807, 2.05) is 6.92 Å². The highest BCUT2D eigenvalue weighted by molar-refractivity contribution is 4.92. The van der Waals surface area contributed by atoms with Crippen LogP contribution in [0.25, 0.3) is 0 Å². The van der Waals surface area contributed by atoms with Gasteiger partial charge in [0.25, 0.3) is 0 Å². The summed E-state index contributed by atoms with van der Waals surface area (Å²) >= 11 is 0. The van der Waals surface area contributed by atoms with E-state index in [0.717, 1.165) is 38.0 Å². The van der Waals surface area contributed by atoms with Crippen LogP contribution in [-0.4, -0.2) is 16.7 Å². The van der Waals surface area contributed by atoms with Crippen LogP contribution in [0.4, 0.5) is 0 Å². The summed E-state index contributed by atoms with van der Waals surface area (Å²) in [6.45, 7) is 4.29. The van der Waals surface area contributed by atoms with Crippen LogP contribution in [0.5, 0.6) is 0 Å². The maximum absolute atomic E-state index is 10.1. The van der Waals surface area contributed by atoms with Crippen LogP contribution in [0.1, 0.15) is 46.0 Å². The molecule has 2 nitrogen and oxygen atoms in total. The maximum Gasteiger partial charge on any atom is 0.0798 e. The first-order valence-corrected chi connectivity index (χ1v) is 5.06. The number of hydrogen-bond acceptors (Lipinski definition) is 2. The highest BCUT2D eigenvalue weighted by Gasteiger charge is 2.36. The second kappa shape index (κ2) is 3.75. The summed E-state index contributed by atoms with van der Waals surface area (Å²) in [7, 11) is 0. The summed E-state index contributed by atoms with van der Waals surface area (Å²) in [5, 5.41) is 10.1. The minimum Gasteiger partial charge on any atom is -0.388 e. The van der Waals surface area contributed by atoms with Crippen LogP contribution in [0.15, 0.2) is 0 Å². The zero-order valence-corrected chi connectivity index (χ0v) is 8.21. The van der Waals surface area contributed by atoms with E-state index in [2.05, 4.69) is 6.92 Å².